The average Bonchev–Trinajstić information content (AvgIpc) is 3.36. The lowest BCUT2D eigenvalue weighted by Crippen LogP contribution is -2.02. The van der Waals surface area contributed by atoms with E-state index in [1.54, 1.807) is 39.7 Å². The molecule has 0 amide bonds. The molecule has 10 heteroatoms. The van der Waals surface area contributed by atoms with Crippen LogP contribution in [-0.4, -0.2) is 34.6 Å². The number of nitrogen functional groups attached to an aromatic ring is 1. The number of halogens is 2. The quantitative estimate of drug-likeness (QED) is 0.493. The fourth-order valence-electron chi connectivity index (χ4n) is 3.02. The Balaban J connectivity index is 1.72. The molecule has 0 unspecified atom stereocenters. The second-order valence-corrected chi connectivity index (χ2v) is 6.67. The topological polar surface area (TPSA) is 99.8 Å². The molecule has 0 aliphatic carbocycles. The molecule has 8 nitrogen and oxygen atoms in total. The molecule has 5 rings (SSSR count). The van der Waals surface area contributed by atoms with Gasteiger partial charge in [0.25, 0.3) is 0 Å². The molecule has 1 aromatic carbocycles. The van der Waals surface area contributed by atoms with Crippen LogP contribution in [0.5, 0.6) is 0 Å². The van der Waals surface area contributed by atoms with Gasteiger partial charge < -0.3 is 5.73 Å². The van der Waals surface area contributed by atoms with Gasteiger partial charge in [-0.25, -0.2) is 14.1 Å². The highest BCUT2D eigenvalue weighted by atomic mass is 35.5. The molecule has 29 heavy (non-hydrogen) atoms. The summed E-state index contributed by atoms with van der Waals surface area (Å²) in [6.45, 7) is 0. The van der Waals surface area contributed by atoms with Crippen molar-refractivity contribution >= 4 is 23.1 Å². The number of anilines is 1. The number of rotatable bonds is 3. The summed E-state index contributed by atoms with van der Waals surface area (Å²) in [6.07, 6.45) is 4.94. The van der Waals surface area contributed by atoms with Crippen molar-refractivity contribution in [2.75, 3.05) is 5.73 Å². The Morgan fingerprint density at radius 1 is 1.00 bits per heavy atom. The summed E-state index contributed by atoms with van der Waals surface area (Å²) >= 11 is 5.99. The molecule has 4 heterocycles. The van der Waals surface area contributed by atoms with Crippen molar-refractivity contribution < 1.29 is 4.39 Å². The first kappa shape index (κ1) is 17.3. The number of benzene rings is 1. The third kappa shape index (κ3) is 3.07. The van der Waals surface area contributed by atoms with E-state index < -0.39 is 5.82 Å². The number of hydrogen-bond acceptors (Lipinski definition) is 6. The number of fused-ring (bicyclic) bond motifs is 1. The Hall–Kier alpha value is -3.85. The first-order valence-electron chi connectivity index (χ1n) is 8.53. The SMILES string of the molecule is Nc1cc(-c2cn(-c3ccc4nncn4n3)nc2-c2ccc(F)c(Cl)c2)ccn1. The fourth-order valence-corrected chi connectivity index (χ4v) is 3.20. The van der Waals surface area contributed by atoms with Crippen LogP contribution >= 0.6 is 11.6 Å². The summed E-state index contributed by atoms with van der Waals surface area (Å²) < 4.78 is 16.8. The molecule has 0 aliphatic heterocycles. The van der Waals surface area contributed by atoms with E-state index in [4.69, 9.17) is 17.3 Å². The van der Waals surface area contributed by atoms with Crippen molar-refractivity contribution in [1.82, 2.24) is 34.6 Å². The molecule has 4 aromatic heterocycles. The molecule has 0 aliphatic rings. The van der Waals surface area contributed by atoms with Crippen LogP contribution in [0.25, 0.3) is 33.8 Å². The summed E-state index contributed by atoms with van der Waals surface area (Å²) in [6, 6.07) is 11.6. The average molecular weight is 407 g/mol. The van der Waals surface area contributed by atoms with E-state index in [-0.39, 0.29) is 5.02 Å². The molecule has 0 saturated heterocycles. The number of nitrogens with zero attached hydrogens (tertiary/aromatic N) is 7. The van der Waals surface area contributed by atoms with Crippen LogP contribution in [0.2, 0.25) is 5.02 Å². The van der Waals surface area contributed by atoms with Gasteiger partial charge in [-0.05, 0) is 48.0 Å². The van der Waals surface area contributed by atoms with E-state index in [1.807, 2.05) is 12.3 Å². The highest BCUT2D eigenvalue weighted by Crippen LogP contribution is 2.34. The monoisotopic (exact) mass is 406 g/mol. The zero-order valence-electron chi connectivity index (χ0n) is 14.7. The van der Waals surface area contributed by atoms with Gasteiger partial charge in [0.1, 0.15) is 23.7 Å². The van der Waals surface area contributed by atoms with Gasteiger partial charge in [-0.2, -0.15) is 9.61 Å². The lowest BCUT2D eigenvalue weighted by molar-refractivity contribution is 0.628. The Labute approximate surface area is 168 Å². The molecular formula is C19H12ClFN8. The predicted molar refractivity (Wildman–Crippen MR) is 106 cm³/mol. The molecule has 0 saturated carbocycles. The third-order valence-corrected chi connectivity index (χ3v) is 4.67. The maximum atomic E-state index is 13.7. The summed E-state index contributed by atoms with van der Waals surface area (Å²) in [4.78, 5) is 4.04. The van der Waals surface area contributed by atoms with Crippen LogP contribution in [0.15, 0.2) is 61.2 Å². The first-order chi connectivity index (χ1) is 14.1. The Morgan fingerprint density at radius 3 is 2.72 bits per heavy atom. The highest BCUT2D eigenvalue weighted by Gasteiger charge is 2.17. The van der Waals surface area contributed by atoms with E-state index in [1.165, 1.54) is 18.5 Å². The van der Waals surface area contributed by atoms with E-state index in [9.17, 15) is 4.39 Å². The van der Waals surface area contributed by atoms with E-state index in [0.717, 1.165) is 11.1 Å². The standard InChI is InChI=1S/C19H12ClFN8/c20-14-7-12(1-2-15(14)21)19-13(11-5-6-23-16(22)8-11)9-28(27-19)18-4-3-17-25-24-10-29(17)26-18/h1-10H,(H2,22,23). The molecule has 0 fully saturated rings. The van der Waals surface area contributed by atoms with Gasteiger partial charge in [-0.3, -0.25) is 0 Å². The molecule has 2 N–H and O–H groups in total. The first-order valence-corrected chi connectivity index (χ1v) is 8.91. The Morgan fingerprint density at radius 2 is 1.90 bits per heavy atom. The minimum atomic E-state index is -0.496. The van der Waals surface area contributed by atoms with Gasteiger partial charge in [0.2, 0.25) is 0 Å². The second-order valence-electron chi connectivity index (χ2n) is 6.26. The summed E-state index contributed by atoms with van der Waals surface area (Å²) in [7, 11) is 0. The smallest absolute Gasteiger partial charge is 0.177 e. The summed E-state index contributed by atoms with van der Waals surface area (Å²) in [5.74, 6) is 0.437. The van der Waals surface area contributed by atoms with Crippen LogP contribution in [-0.2, 0) is 0 Å². The van der Waals surface area contributed by atoms with E-state index in [0.29, 0.717) is 28.5 Å². The van der Waals surface area contributed by atoms with Gasteiger partial charge in [0.15, 0.2) is 11.5 Å². The second kappa shape index (κ2) is 6.64. The normalized spacial score (nSPS) is 11.2. The largest absolute Gasteiger partial charge is 0.384 e. The van der Waals surface area contributed by atoms with Crippen LogP contribution in [0.4, 0.5) is 10.2 Å². The van der Waals surface area contributed by atoms with Gasteiger partial charge in [0, 0.05) is 23.5 Å². The van der Waals surface area contributed by atoms with Crippen molar-refractivity contribution in [2.45, 2.75) is 0 Å². The Kier molecular flexibility index (Phi) is 3.95. The van der Waals surface area contributed by atoms with Gasteiger partial charge in [-0.1, -0.05) is 11.6 Å². The number of aromatic nitrogens is 7. The zero-order valence-corrected chi connectivity index (χ0v) is 15.5. The van der Waals surface area contributed by atoms with Gasteiger partial charge in [-0.15, -0.1) is 15.3 Å². The highest BCUT2D eigenvalue weighted by molar-refractivity contribution is 6.31. The molecule has 5 aromatic rings. The molecule has 0 bridgehead atoms. The van der Waals surface area contributed by atoms with Crippen molar-refractivity contribution in [1.29, 1.82) is 0 Å². The number of pyridine rings is 1. The lowest BCUT2D eigenvalue weighted by Gasteiger charge is -2.04. The number of hydrogen-bond donors (Lipinski definition) is 1. The van der Waals surface area contributed by atoms with Crippen LogP contribution in [0.3, 0.4) is 0 Å². The predicted octanol–water partition coefficient (Wildman–Crippen LogP) is 3.41. The van der Waals surface area contributed by atoms with Crippen LogP contribution < -0.4 is 5.73 Å². The molecule has 0 atom stereocenters. The third-order valence-electron chi connectivity index (χ3n) is 4.38. The number of nitrogens with two attached hydrogens (primary N) is 1. The fraction of sp³-hybridized carbons (Fsp3) is 0. The van der Waals surface area contributed by atoms with Gasteiger partial charge >= 0.3 is 0 Å². The molecule has 0 spiro atoms. The van der Waals surface area contributed by atoms with E-state index >= 15 is 0 Å². The van der Waals surface area contributed by atoms with Crippen molar-refractivity contribution in [3.05, 3.63) is 72.0 Å². The molecule has 142 valence electrons. The minimum Gasteiger partial charge on any atom is -0.384 e. The van der Waals surface area contributed by atoms with Gasteiger partial charge in [0.05, 0.1) is 5.02 Å². The maximum Gasteiger partial charge on any atom is 0.177 e. The van der Waals surface area contributed by atoms with Crippen molar-refractivity contribution in [3.63, 3.8) is 0 Å². The lowest BCUT2D eigenvalue weighted by atomic mass is 10.0. The minimum absolute atomic E-state index is 0.0151. The zero-order chi connectivity index (χ0) is 20.0. The van der Waals surface area contributed by atoms with Crippen LogP contribution in [0, 0.1) is 5.82 Å². The van der Waals surface area contributed by atoms with E-state index in [2.05, 4.69) is 25.4 Å². The summed E-state index contributed by atoms with van der Waals surface area (Å²) in [5.41, 5.74) is 9.32. The summed E-state index contributed by atoms with van der Waals surface area (Å²) in [5, 5.41) is 16.9. The van der Waals surface area contributed by atoms with Crippen LogP contribution in [0.1, 0.15) is 0 Å². The van der Waals surface area contributed by atoms with Crippen molar-refractivity contribution in [2.24, 2.45) is 0 Å². The molecule has 0 radical (unpaired) electrons. The molecular weight excluding hydrogens is 395 g/mol. The Bertz CT molecular complexity index is 1360. The maximum absolute atomic E-state index is 13.7. The van der Waals surface area contributed by atoms with Crippen molar-refractivity contribution in [3.8, 4) is 28.2 Å².